The van der Waals surface area contributed by atoms with E-state index in [9.17, 15) is 13.6 Å². The highest BCUT2D eigenvalue weighted by atomic mass is 19.1. The maximum absolute atomic E-state index is 14.3. The molecule has 4 nitrogen and oxygen atoms in total. The highest BCUT2D eigenvalue weighted by Crippen LogP contribution is 2.36. The van der Waals surface area contributed by atoms with Gasteiger partial charge in [-0.15, -0.1) is 0 Å². The number of hydrogen-bond donors (Lipinski definition) is 1. The molecule has 2 rings (SSSR count). The van der Waals surface area contributed by atoms with Crippen molar-refractivity contribution >= 4 is 18.5 Å². The van der Waals surface area contributed by atoms with Gasteiger partial charge >= 0.3 is 7.12 Å². The van der Waals surface area contributed by atoms with Crippen LogP contribution in [0.4, 0.5) is 8.78 Å². The average Bonchev–Trinajstić information content (AvgIpc) is 2.60. The number of rotatable bonds is 3. The van der Waals surface area contributed by atoms with Gasteiger partial charge < -0.3 is 14.6 Å². The molecule has 0 unspecified atom stereocenters. The zero-order valence-electron chi connectivity index (χ0n) is 13.4. The van der Waals surface area contributed by atoms with Crippen molar-refractivity contribution in [2.24, 2.45) is 0 Å². The predicted molar refractivity (Wildman–Crippen MR) is 80.1 cm³/mol. The molecule has 1 saturated heterocycles. The van der Waals surface area contributed by atoms with Crippen LogP contribution in [0, 0.1) is 11.6 Å². The van der Waals surface area contributed by atoms with Crippen LogP contribution >= 0.6 is 0 Å². The van der Waals surface area contributed by atoms with Crippen molar-refractivity contribution in [2.45, 2.75) is 45.8 Å². The molecule has 1 aromatic rings. The molecule has 0 atom stereocenters. The summed E-state index contributed by atoms with van der Waals surface area (Å²) in [4.78, 5) is 11.7. The summed E-state index contributed by atoms with van der Waals surface area (Å²) in [6, 6.07) is 1.84. The van der Waals surface area contributed by atoms with E-state index >= 15 is 0 Å². The monoisotopic (exact) mass is 311 g/mol. The summed E-state index contributed by atoms with van der Waals surface area (Å²) in [5.41, 5.74) is -1.69. The Morgan fingerprint density at radius 3 is 2.18 bits per heavy atom. The molecule has 1 N–H and O–H groups in total. The Balaban J connectivity index is 2.35. The fourth-order valence-electron chi connectivity index (χ4n) is 2.14. The first-order valence-corrected chi connectivity index (χ1v) is 7.22. The number of amides is 1. The minimum absolute atomic E-state index is 0.0517. The number of carbonyl (C=O) groups is 1. The van der Waals surface area contributed by atoms with Crippen LogP contribution in [0.25, 0.3) is 0 Å². The minimum atomic E-state index is -1.01. The molecular weight excluding hydrogens is 291 g/mol. The van der Waals surface area contributed by atoms with Gasteiger partial charge in [0.2, 0.25) is 0 Å². The summed E-state index contributed by atoms with van der Waals surface area (Å²) in [6.07, 6.45) is 0. The Labute approximate surface area is 129 Å². The van der Waals surface area contributed by atoms with Crippen LogP contribution < -0.4 is 10.8 Å². The lowest BCUT2D eigenvalue weighted by Crippen LogP contribution is -2.41. The molecule has 120 valence electrons. The summed E-state index contributed by atoms with van der Waals surface area (Å²) in [7, 11) is -1.01. The topological polar surface area (TPSA) is 47.6 Å². The van der Waals surface area contributed by atoms with E-state index in [2.05, 4.69) is 5.32 Å². The van der Waals surface area contributed by atoms with Crippen LogP contribution in [-0.2, 0) is 9.31 Å². The van der Waals surface area contributed by atoms with Crippen LogP contribution in [0.15, 0.2) is 12.1 Å². The fourth-order valence-corrected chi connectivity index (χ4v) is 2.14. The van der Waals surface area contributed by atoms with Crippen LogP contribution in [-0.4, -0.2) is 30.8 Å². The molecule has 7 heteroatoms. The first-order chi connectivity index (χ1) is 10.1. The van der Waals surface area contributed by atoms with Gasteiger partial charge in [0.15, 0.2) is 0 Å². The maximum atomic E-state index is 14.3. The third kappa shape index (κ3) is 2.87. The second kappa shape index (κ2) is 5.63. The van der Waals surface area contributed by atoms with E-state index < -0.39 is 35.9 Å². The van der Waals surface area contributed by atoms with Crippen molar-refractivity contribution in [2.75, 3.05) is 6.54 Å². The Bertz CT molecular complexity index is 589. The van der Waals surface area contributed by atoms with Gasteiger partial charge in [-0.1, -0.05) is 0 Å². The Morgan fingerprint density at radius 1 is 1.14 bits per heavy atom. The zero-order valence-corrected chi connectivity index (χ0v) is 13.4. The van der Waals surface area contributed by atoms with Crippen molar-refractivity contribution in [3.05, 3.63) is 29.3 Å². The molecule has 0 aliphatic carbocycles. The molecule has 1 aromatic carbocycles. The highest BCUT2D eigenvalue weighted by molar-refractivity contribution is 6.62. The van der Waals surface area contributed by atoms with Gasteiger partial charge in [-0.2, -0.15) is 0 Å². The van der Waals surface area contributed by atoms with Crippen molar-refractivity contribution < 1.29 is 22.9 Å². The Kier molecular flexibility index (Phi) is 4.32. The molecule has 1 fully saturated rings. The average molecular weight is 311 g/mol. The second-order valence-electron chi connectivity index (χ2n) is 6.30. The molecule has 0 bridgehead atoms. The molecule has 1 heterocycles. The molecule has 0 radical (unpaired) electrons. The summed E-state index contributed by atoms with van der Waals surface area (Å²) in [5, 5.41) is 2.44. The summed E-state index contributed by atoms with van der Waals surface area (Å²) in [5.74, 6) is -2.20. The molecule has 0 saturated carbocycles. The van der Waals surface area contributed by atoms with E-state index in [0.29, 0.717) is 6.54 Å². The largest absolute Gasteiger partial charge is 0.497 e. The molecular formula is C15H20BF2NO3. The lowest BCUT2D eigenvalue weighted by molar-refractivity contribution is 0.00578. The van der Waals surface area contributed by atoms with Gasteiger partial charge in [0.25, 0.3) is 5.91 Å². The molecule has 1 aliphatic rings. The lowest BCUT2D eigenvalue weighted by Gasteiger charge is -2.32. The van der Waals surface area contributed by atoms with Crippen LogP contribution in [0.1, 0.15) is 45.0 Å². The number of carbonyl (C=O) groups excluding carboxylic acids is 1. The third-order valence-electron chi connectivity index (χ3n) is 4.18. The first-order valence-electron chi connectivity index (χ1n) is 7.22. The Morgan fingerprint density at radius 2 is 1.68 bits per heavy atom. The molecule has 1 aliphatic heterocycles. The lowest BCUT2D eigenvalue weighted by atomic mass is 9.78. The van der Waals surface area contributed by atoms with Gasteiger partial charge in [-0.25, -0.2) is 8.78 Å². The minimum Gasteiger partial charge on any atom is -0.399 e. The quantitative estimate of drug-likeness (QED) is 0.869. The smallest absolute Gasteiger partial charge is 0.399 e. The number of halogens is 2. The van der Waals surface area contributed by atoms with Gasteiger partial charge in [-0.3, -0.25) is 4.79 Å². The predicted octanol–water partition coefficient (Wildman–Crippen LogP) is 2.01. The van der Waals surface area contributed by atoms with E-state index in [1.807, 2.05) is 27.7 Å². The second-order valence-corrected chi connectivity index (χ2v) is 6.30. The molecule has 22 heavy (non-hydrogen) atoms. The summed E-state index contributed by atoms with van der Waals surface area (Å²) in [6.45, 7) is 9.33. The van der Waals surface area contributed by atoms with E-state index in [-0.39, 0.29) is 11.0 Å². The van der Waals surface area contributed by atoms with Gasteiger partial charge in [0, 0.05) is 12.0 Å². The van der Waals surface area contributed by atoms with E-state index in [1.54, 1.807) is 6.92 Å². The van der Waals surface area contributed by atoms with E-state index in [1.165, 1.54) is 0 Å². The standard InChI is InChI=1S/C15H20BF2NO3/c1-6-19-13(20)9-7-12(18)10(8-11(9)17)16-21-14(2,3)15(4,5)22-16/h7-8H,6H2,1-5H3,(H,19,20). The van der Waals surface area contributed by atoms with Crippen LogP contribution in [0.3, 0.4) is 0 Å². The van der Waals surface area contributed by atoms with E-state index in [0.717, 1.165) is 12.1 Å². The van der Waals surface area contributed by atoms with Crippen LogP contribution in [0.5, 0.6) is 0 Å². The number of hydrogen-bond acceptors (Lipinski definition) is 3. The number of nitrogens with one attached hydrogen (secondary N) is 1. The summed E-state index contributed by atoms with van der Waals surface area (Å²) >= 11 is 0. The number of benzene rings is 1. The van der Waals surface area contributed by atoms with Crippen molar-refractivity contribution in [3.8, 4) is 0 Å². The van der Waals surface area contributed by atoms with E-state index in [4.69, 9.17) is 9.31 Å². The molecule has 0 aromatic heterocycles. The van der Waals surface area contributed by atoms with Crippen molar-refractivity contribution in [1.82, 2.24) is 5.32 Å². The molecule has 1 amide bonds. The van der Waals surface area contributed by atoms with Gasteiger partial charge in [-0.05, 0) is 46.8 Å². The zero-order chi connectivity index (χ0) is 16.7. The fraction of sp³-hybridized carbons (Fsp3) is 0.533. The van der Waals surface area contributed by atoms with Crippen molar-refractivity contribution in [1.29, 1.82) is 0 Å². The normalized spacial score (nSPS) is 19.3. The summed E-state index contributed by atoms with van der Waals surface area (Å²) < 4.78 is 39.8. The third-order valence-corrected chi connectivity index (χ3v) is 4.18. The van der Waals surface area contributed by atoms with Gasteiger partial charge in [0.1, 0.15) is 11.6 Å². The molecule has 0 spiro atoms. The van der Waals surface area contributed by atoms with Crippen molar-refractivity contribution in [3.63, 3.8) is 0 Å². The first kappa shape index (κ1) is 16.9. The van der Waals surface area contributed by atoms with Crippen LogP contribution in [0.2, 0.25) is 0 Å². The maximum Gasteiger partial charge on any atom is 0.497 e. The highest BCUT2D eigenvalue weighted by Gasteiger charge is 2.52. The Hall–Kier alpha value is -1.47. The SMILES string of the molecule is CCNC(=O)c1cc(F)c(B2OC(C)(C)C(C)(C)O2)cc1F. The van der Waals surface area contributed by atoms with Gasteiger partial charge in [0.05, 0.1) is 16.8 Å².